The lowest BCUT2D eigenvalue weighted by atomic mass is 9.79. The van der Waals surface area contributed by atoms with E-state index >= 15 is 0 Å². The Kier molecular flexibility index (Phi) is 9.96. The zero-order valence-corrected chi connectivity index (χ0v) is 23.8. The van der Waals surface area contributed by atoms with Crippen LogP contribution in [0, 0.1) is 5.92 Å². The number of amides is 1. The van der Waals surface area contributed by atoms with E-state index < -0.39 is 29.7 Å². The van der Waals surface area contributed by atoms with Crippen LogP contribution in [0.15, 0.2) is 89.4 Å². The molecule has 0 aromatic heterocycles. The van der Waals surface area contributed by atoms with Gasteiger partial charge in [-0.25, -0.2) is 0 Å². The van der Waals surface area contributed by atoms with E-state index in [0.717, 1.165) is 11.1 Å². The van der Waals surface area contributed by atoms with Crippen LogP contribution in [0.5, 0.6) is 11.5 Å². The van der Waals surface area contributed by atoms with Crippen LogP contribution in [0.25, 0.3) is 0 Å². The van der Waals surface area contributed by atoms with E-state index in [1.807, 2.05) is 60.7 Å². The average molecular weight is 608 g/mol. The molecule has 208 valence electrons. The van der Waals surface area contributed by atoms with Crippen molar-refractivity contribution in [3.05, 3.63) is 106 Å². The molecule has 9 heteroatoms. The average Bonchev–Trinajstić information content (AvgIpc) is 3.42. The Morgan fingerprint density at radius 3 is 2.27 bits per heavy atom. The normalized spacial score (nSPS) is 13.5. The highest BCUT2D eigenvalue weighted by Gasteiger charge is 2.41. The lowest BCUT2D eigenvalue weighted by Crippen LogP contribution is -2.43. The molecular weight excluding hydrogens is 578 g/mol. The van der Waals surface area contributed by atoms with Crippen molar-refractivity contribution < 1.29 is 33.3 Å². The molecule has 3 aromatic rings. The van der Waals surface area contributed by atoms with E-state index in [-0.39, 0.29) is 26.5 Å². The van der Waals surface area contributed by atoms with Crippen LogP contribution < -0.4 is 9.47 Å². The second kappa shape index (κ2) is 13.8. The molecule has 0 saturated carbocycles. The number of esters is 2. The second-order valence-corrected chi connectivity index (χ2v) is 9.95. The molecule has 0 aliphatic carbocycles. The summed E-state index contributed by atoms with van der Waals surface area (Å²) in [7, 11) is 1.28. The lowest BCUT2D eigenvalue weighted by molar-refractivity contribution is -0.154. The van der Waals surface area contributed by atoms with Crippen molar-refractivity contribution in [3.63, 3.8) is 0 Å². The minimum absolute atomic E-state index is 0.0832. The monoisotopic (exact) mass is 607 g/mol. The zero-order valence-electron chi connectivity index (χ0n) is 22.2. The van der Waals surface area contributed by atoms with Crippen LogP contribution in [0.4, 0.5) is 0 Å². The molecule has 0 radical (unpaired) electrons. The van der Waals surface area contributed by atoms with Crippen LogP contribution in [-0.2, 0) is 30.4 Å². The highest BCUT2D eigenvalue weighted by atomic mass is 79.9. The molecule has 1 heterocycles. The molecule has 1 aliphatic rings. The van der Waals surface area contributed by atoms with Gasteiger partial charge in [-0.3, -0.25) is 14.4 Å². The summed E-state index contributed by atoms with van der Waals surface area (Å²) in [4.78, 5) is 40.6. The van der Waals surface area contributed by atoms with Gasteiger partial charge in [-0.15, -0.1) is 0 Å². The Labute approximate surface area is 241 Å². The summed E-state index contributed by atoms with van der Waals surface area (Å²) in [5.74, 6) is -2.27. The largest absolute Gasteiger partial charge is 0.468 e. The fourth-order valence-electron chi connectivity index (χ4n) is 4.56. The first kappa shape index (κ1) is 28.9. The van der Waals surface area contributed by atoms with Crippen LogP contribution >= 0.6 is 15.9 Å². The van der Waals surface area contributed by atoms with Gasteiger partial charge in [-0.05, 0) is 34.9 Å². The van der Waals surface area contributed by atoms with Crippen LogP contribution in [0.2, 0.25) is 0 Å². The summed E-state index contributed by atoms with van der Waals surface area (Å²) in [5, 5.41) is 0. The van der Waals surface area contributed by atoms with Crippen molar-refractivity contribution in [2.24, 2.45) is 5.92 Å². The molecule has 8 nitrogen and oxygen atoms in total. The fraction of sp³-hybridized carbons (Fsp3) is 0.258. The number of hydrogen-bond acceptors (Lipinski definition) is 7. The van der Waals surface area contributed by atoms with Crippen LogP contribution in [0.3, 0.4) is 0 Å². The van der Waals surface area contributed by atoms with Crippen molar-refractivity contribution in [1.82, 2.24) is 4.90 Å². The minimum Gasteiger partial charge on any atom is -0.468 e. The number of hydrogen-bond donors (Lipinski definition) is 0. The molecule has 0 spiro atoms. The Hall–Kier alpha value is -4.11. The number of carbonyl (C=O) groups excluding carboxylic acids is 3. The molecule has 2 atom stereocenters. The predicted octanol–water partition coefficient (Wildman–Crippen LogP) is 5.25. The summed E-state index contributed by atoms with van der Waals surface area (Å²) in [5.41, 5.74) is 2.34. The number of halogens is 1. The first-order valence-corrected chi connectivity index (χ1v) is 13.5. The van der Waals surface area contributed by atoms with Gasteiger partial charge < -0.3 is 23.8 Å². The van der Waals surface area contributed by atoms with Gasteiger partial charge in [0.2, 0.25) is 12.7 Å². The standard InChI is InChI=1S/C31H30BrNO7/c1-21(34)38-16-10-9-15-33(19-22-11-5-3-6-12-22)30(35)29(31(36)37-2)28(23-13-7-4-8-14-23)24-17-26-27(18-25(24)32)40-20-39-26/h3-14,17-18,28-29H,15-16,19-20H2,1-2H3/b10-9-. The number of ether oxygens (including phenoxy) is 4. The molecule has 40 heavy (non-hydrogen) atoms. The highest BCUT2D eigenvalue weighted by Crippen LogP contribution is 2.44. The van der Waals surface area contributed by atoms with Crippen molar-refractivity contribution in [2.45, 2.75) is 19.4 Å². The third kappa shape index (κ3) is 7.09. The van der Waals surface area contributed by atoms with E-state index in [1.54, 1.807) is 29.2 Å². The Morgan fingerprint density at radius 2 is 1.62 bits per heavy atom. The second-order valence-electron chi connectivity index (χ2n) is 9.09. The molecule has 0 bridgehead atoms. The molecule has 0 fully saturated rings. The van der Waals surface area contributed by atoms with Crippen molar-refractivity contribution in [1.29, 1.82) is 0 Å². The molecule has 1 aliphatic heterocycles. The maximum absolute atomic E-state index is 14.4. The lowest BCUT2D eigenvalue weighted by Gasteiger charge is -2.31. The van der Waals surface area contributed by atoms with Gasteiger partial charge in [0.25, 0.3) is 0 Å². The van der Waals surface area contributed by atoms with E-state index in [4.69, 9.17) is 18.9 Å². The first-order chi connectivity index (χ1) is 19.4. The molecule has 0 N–H and O–H groups in total. The van der Waals surface area contributed by atoms with E-state index in [0.29, 0.717) is 21.5 Å². The molecule has 0 saturated heterocycles. The number of rotatable bonds is 11. The quantitative estimate of drug-likeness (QED) is 0.167. The van der Waals surface area contributed by atoms with Crippen molar-refractivity contribution in [3.8, 4) is 11.5 Å². The molecule has 1 amide bonds. The first-order valence-electron chi connectivity index (χ1n) is 12.7. The molecule has 3 aromatic carbocycles. The fourth-order valence-corrected chi connectivity index (χ4v) is 5.13. The Bertz CT molecular complexity index is 1360. The van der Waals surface area contributed by atoms with Gasteiger partial charge in [0.15, 0.2) is 11.5 Å². The summed E-state index contributed by atoms with van der Waals surface area (Å²) >= 11 is 3.63. The van der Waals surface area contributed by atoms with Crippen LogP contribution in [0.1, 0.15) is 29.5 Å². The van der Waals surface area contributed by atoms with Gasteiger partial charge in [0.05, 0.1) is 7.11 Å². The number of benzene rings is 3. The highest BCUT2D eigenvalue weighted by molar-refractivity contribution is 9.10. The van der Waals surface area contributed by atoms with Gasteiger partial charge in [-0.1, -0.05) is 82.7 Å². The minimum atomic E-state index is -1.21. The maximum atomic E-state index is 14.4. The summed E-state index contributed by atoms with van der Waals surface area (Å²) in [6.45, 7) is 1.95. The maximum Gasteiger partial charge on any atom is 0.319 e. The predicted molar refractivity (Wildman–Crippen MR) is 152 cm³/mol. The van der Waals surface area contributed by atoms with E-state index in [9.17, 15) is 14.4 Å². The zero-order chi connectivity index (χ0) is 28.5. The topological polar surface area (TPSA) is 91.4 Å². The number of fused-ring (bicyclic) bond motifs is 1. The Balaban J connectivity index is 1.77. The summed E-state index contributed by atoms with van der Waals surface area (Å²) in [6.07, 6.45) is 3.41. The molecule has 2 unspecified atom stereocenters. The SMILES string of the molecule is COC(=O)C(C(=O)N(C/C=C\COC(C)=O)Cc1ccccc1)C(c1ccccc1)c1cc2c(cc1Br)OCO2. The summed E-state index contributed by atoms with van der Waals surface area (Å²) in [6, 6.07) is 22.5. The number of carbonyl (C=O) groups is 3. The number of methoxy groups -OCH3 is 1. The van der Waals surface area contributed by atoms with E-state index in [1.165, 1.54) is 14.0 Å². The number of nitrogens with zero attached hydrogens (tertiary/aromatic N) is 1. The third-order valence-electron chi connectivity index (χ3n) is 6.44. The third-order valence-corrected chi connectivity index (χ3v) is 7.13. The van der Waals surface area contributed by atoms with Crippen molar-refractivity contribution in [2.75, 3.05) is 27.1 Å². The van der Waals surface area contributed by atoms with Gasteiger partial charge in [0.1, 0.15) is 12.5 Å². The Morgan fingerprint density at radius 1 is 0.975 bits per heavy atom. The van der Waals surface area contributed by atoms with Crippen LogP contribution in [-0.4, -0.2) is 49.8 Å². The molecular formula is C31H30BrNO7. The van der Waals surface area contributed by atoms with Gasteiger partial charge >= 0.3 is 11.9 Å². The van der Waals surface area contributed by atoms with Crippen molar-refractivity contribution >= 4 is 33.8 Å². The van der Waals surface area contributed by atoms with Gasteiger partial charge in [-0.2, -0.15) is 0 Å². The van der Waals surface area contributed by atoms with E-state index in [2.05, 4.69) is 15.9 Å². The molecule has 4 rings (SSSR count). The summed E-state index contributed by atoms with van der Waals surface area (Å²) < 4.78 is 22.0. The van der Waals surface area contributed by atoms with Gasteiger partial charge in [0, 0.05) is 30.4 Å². The smallest absolute Gasteiger partial charge is 0.319 e.